The van der Waals surface area contributed by atoms with Gasteiger partial charge in [0.15, 0.2) is 0 Å². The van der Waals surface area contributed by atoms with Crippen LogP contribution >= 0.6 is 11.8 Å². The molecule has 0 spiro atoms. The lowest BCUT2D eigenvalue weighted by atomic mass is 10.1. The van der Waals surface area contributed by atoms with Crippen LogP contribution in [0.3, 0.4) is 0 Å². The van der Waals surface area contributed by atoms with E-state index in [0.29, 0.717) is 6.42 Å². The molecule has 0 saturated heterocycles. The summed E-state index contributed by atoms with van der Waals surface area (Å²) in [5, 5.41) is 4.14. The molecular formula is C14H26F3NS. The Labute approximate surface area is 119 Å². The van der Waals surface area contributed by atoms with Crippen molar-refractivity contribution in [2.24, 2.45) is 0 Å². The van der Waals surface area contributed by atoms with E-state index in [4.69, 9.17) is 0 Å². The van der Waals surface area contributed by atoms with Gasteiger partial charge in [0.05, 0.1) is 0 Å². The molecule has 1 atom stereocenters. The number of alkyl halides is 3. The zero-order chi connectivity index (χ0) is 14.1. The van der Waals surface area contributed by atoms with Crippen molar-refractivity contribution in [3.63, 3.8) is 0 Å². The van der Waals surface area contributed by atoms with Gasteiger partial charge in [0.2, 0.25) is 0 Å². The van der Waals surface area contributed by atoms with Gasteiger partial charge in [0.25, 0.3) is 0 Å². The monoisotopic (exact) mass is 297 g/mol. The minimum absolute atomic E-state index is 0.243. The Balaban J connectivity index is 2.20. The molecule has 0 heterocycles. The van der Waals surface area contributed by atoms with E-state index in [1.54, 1.807) is 0 Å². The molecular weight excluding hydrogens is 271 g/mol. The fourth-order valence-electron chi connectivity index (χ4n) is 2.45. The molecule has 1 nitrogen and oxygen atoms in total. The van der Waals surface area contributed by atoms with Crippen LogP contribution in [0.15, 0.2) is 0 Å². The van der Waals surface area contributed by atoms with Crippen LogP contribution in [0, 0.1) is 0 Å². The first-order valence-corrected chi connectivity index (χ1v) is 8.48. The third-order valence-electron chi connectivity index (χ3n) is 3.53. The van der Waals surface area contributed by atoms with Crippen molar-refractivity contribution in [1.29, 1.82) is 0 Å². The molecule has 0 bridgehead atoms. The van der Waals surface area contributed by atoms with Gasteiger partial charge in [-0.1, -0.05) is 19.8 Å². The topological polar surface area (TPSA) is 12.0 Å². The maximum absolute atomic E-state index is 12.2. The highest BCUT2D eigenvalue weighted by molar-refractivity contribution is 7.99. The highest BCUT2D eigenvalue weighted by Crippen LogP contribution is 2.30. The maximum atomic E-state index is 12.2. The van der Waals surface area contributed by atoms with Gasteiger partial charge in [-0.25, -0.2) is 0 Å². The molecule has 0 amide bonds. The molecule has 1 aliphatic carbocycles. The first-order valence-electron chi connectivity index (χ1n) is 7.43. The first-order chi connectivity index (χ1) is 9.01. The molecule has 1 unspecified atom stereocenters. The number of hydrogen-bond donors (Lipinski definition) is 1. The van der Waals surface area contributed by atoms with E-state index in [-0.39, 0.29) is 12.5 Å². The molecule has 5 heteroatoms. The molecule has 114 valence electrons. The Kier molecular flexibility index (Phi) is 8.23. The quantitative estimate of drug-likeness (QED) is 0.658. The van der Waals surface area contributed by atoms with Crippen molar-refractivity contribution in [1.82, 2.24) is 5.32 Å². The van der Waals surface area contributed by atoms with Crippen LogP contribution in [0.5, 0.6) is 0 Å². The van der Waals surface area contributed by atoms with E-state index in [1.165, 1.54) is 25.7 Å². The van der Waals surface area contributed by atoms with Crippen LogP contribution in [0.2, 0.25) is 0 Å². The van der Waals surface area contributed by atoms with E-state index in [9.17, 15) is 13.2 Å². The second-order valence-electron chi connectivity index (χ2n) is 5.40. The Morgan fingerprint density at radius 1 is 1.26 bits per heavy atom. The van der Waals surface area contributed by atoms with Gasteiger partial charge in [0.1, 0.15) is 0 Å². The van der Waals surface area contributed by atoms with Crippen LogP contribution in [0.25, 0.3) is 0 Å². The van der Waals surface area contributed by atoms with Crippen molar-refractivity contribution >= 4 is 11.8 Å². The van der Waals surface area contributed by atoms with Crippen LogP contribution in [0.1, 0.15) is 58.3 Å². The van der Waals surface area contributed by atoms with Crippen molar-refractivity contribution in [2.75, 3.05) is 12.3 Å². The van der Waals surface area contributed by atoms with Crippen LogP contribution in [-0.2, 0) is 0 Å². The lowest BCUT2D eigenvalue weighted by molar-refractivity contribution is -0.135. The zero-order valence-electron chi connectivity index (χ0n) is 11.8. The standard InChI is InChI=1S/C14H26F3NS/c1-2-10-18-12(6-5-9-14(15,16)17)11-19-13-7-3-4-8-13/h12-13,18H,2-11H2,1H3. The summed E-state index contributed by atoms with van der Waals surface area (Å²) in [6, 6.07) is 0.243. The summed E-state index contributed by atoms with van der Waals surface area (Å²) < 4.78 is 36.5. The van der Waals surface area contributed by atoms with Gasteiger partial charge >= 0.3 is 6.18 Å². The highest BCUT2D eigenvalue weighted by Gasteiger charge is 2.27. The minimum atomic E-state index is -4.01. The number of halogens is 3. The summed E-state index contributed by atoms with van der Waals surface area (Å²) in [4.78, 5) is 0. The normalized spacial score (nSPS) is 18.9. The molecule has 1 aliphatic rings. The van der Waals surface area contributed by atoms with Crippen LogP contribution in [-0.4, -0.2) is 29.8 Å². The molecule has 1 N–H and O–H groups in total. The van der Waals surface area contributed by atoms with Crippen molar-refractivity contribution < 1.29 is 13.2 Å². The predicted octanol–water partition coefficient (Wildman–Crippen LogP) is 4.76. The van der Waals surface area contributed by atoms with E-state index >= 15 is 0 Å². The Morgan fingerprint density at radius 3 is 2.53 bits per heavy atom. The Hall–Kier alpha value is 0.100. The van der Waals surface area contributed by atoms with Gasteiger partial charge in [-0.15, -0.1) is 0 Å². The third kappa shape index (κ3) is 8.79. The first kappa shape index (κ1) is 17.2. The molecule has 1 saturated carbocycles. The molecule has 19 heavy (non-hydrogen) atoms. The maximum Gasteiger partial charge on any atom is 0.389 e. The van der Waals surface area contributed by atoms with Gasteiger partial charge < -0.3 is 5.32 Å². The van der Waals surface area contributed by atoms with E-state index in [0.717, 1.165) is 24.0 Å². The summed E-state index contributed by atoms with van der Waals surface area (Å²) in [7, 11) is 0. The molecule has 1 fully saturated rings. The lowest BCUT2D eigenvalue weighted by Gasteiger charge is -2.20. The van der Waals surface area contributed by atoms with E-state index in [2.05, 4.69) is 12.2 Å². The summed E-state index contributed by atoms with van der Waals surface area (Å²) in [6.07, 6.45) is 2.47. The van der Waals surface area contributed by atoms with Crippen molar-refractivity contribution in [3.8, 4) is 0 Å². The van der Waals surface area contributed by atoms with Gasteiger partial charge in [-0.2, -0.15) is 24.9 Å². The number of hydrogen-bond acceptors (Lipinski definition) is 2. The van der Waals surface area contributed by atoms with Gasteiger partial charge in [-0.05, 0) is 38.6 Å². The molecule has 0 aromatic carbocycles. The van der Waals surface area contributed by atoms with E-state index < -0.39 is 12.6 Å². The third-order valence-corrected chi connectivity index (χ3v) is 5.07. The Morgan fingerprint density at radius 2 is 1.95 bits per heavy atom. The number of nitrogens with one attached hydrogen (secondary N) is 1. The second-order valence-corrected chi connectivity index (χ2v) is 6.73. The van der Waals surface area contributed by atoms with E-state index in [1.807, 2.05) is 11.8 Å². The zero-order valence-corrected chi connectivity index (χ0v) is 12.6. The highest BCUT2D eigenvalue weighted by atomic mass is 32.2. The largest absolute Gasteiger partial charge is 0.389 e. The summed E-state index contributed by atoms with van der Waals surface area (Å²) in [5.74, 6) is 0.961. The molecule has 0 aliphatic heterocycles. The molecule has 1 rings (SSSR count). The fraction of sp³-hybridized carbons (Fsp3) is 1.00. The average Bonchev–Trinajstić information content (AvgIpc) is 2.83. The summed E-state index contributed by atoms with van der Waals surface area (Å²) in [6.45, 7) is 2.99. The fourth-order valence-corrected chi connectivity index (χ4v) is 3.90. The van der Waals surface area contributed by atoms with Crippen LogP contribution < -0.4 is 5.32 Å². The second kappa shape index (κ2) is 9.11. The minimum Gasteiger partial charge on any atom is -0.313 e. The smallest absolute Gasteiger partial charge is 0.313 e. The Bertz CT molecular complexity index is 227. The summed E-state index contributed by atoms with van der Waals surface area (Å²) >= 11 is 1.96. The predicted molar refractivity (Wildman–Crippen MR) is 76.7 cm³/mol. The van der Waals surface area contributed by atoms with Gasteiger partial charge in [0, 0.05) is 23.5 Å². The lowest BCUT2D eigenvalue weighted by Crippen LogP contribution is -2.32. The number of thioether (sulfide) groups is 1. The van der Waals surface area contributed by atoms with Crippen molar-refractivity contribution in [2.45, 2.75) is 75.8 Å². The molecule has 0 aromatic heterocycles. The number of rotatable bonds is 9. The van der Waals surface area contributed by atoms with Crippen molar-refractivity contribution in [3.05, 3.63) is 0 Å². The van der Waals surface area contributed by atoms with Crippen LogP contribution in [0.4, 0.5) is 13.2 Å². The van der Waals surface area contributed by atoms with Gasteiger partial charge in [-0.3, -0.25) is 0 Å². The molecule has 0 aromatic rings. The SMILES string of the molecule is CCCNC(CCCC(F)(F)F)CSC1CCCC1. The summed E-state index contributed by atoms with van der Waals surface area (Å²) in [5.41, 5.74) is 0. The average molecular weight is 297 g/mol. The molecule has 0 radical (unpaired) electrons.